The molecule has 2 rings (SSSR count). The van der Waals surface area contributed by atoms with Gasteiger partial charge in [-0.1, -0.05) is 0 Å². The summed E-state index contributed by atoms with van der Waals surface area (Å²) in [6.45, 7) is 2.43. The molecule has 1 aromatic heterocycles. The predicted octanol–water partition coefficient (Wildman–Crippen LogP) is 0.613. The van der Waals surface area contributed by atoms with Crippen LogP contribution in [0.15, 0.2) is 18.5 Å². The average Bonchev–Trinajstić information content (AvgIpc) is 3.17. The van der Waals surface area contributed by atoms with Crippen molar-refractivity contribution in [3.05, 3.63) is 18.5 Å². The van der Waals surface area contributed by atoms with Crippen molar-refractivity contribution in [2.24, 2.45) is 0 Å². The van der Waals surface area contributed by atoms with Crippen LogP contribution in [0.1, 0.15) is 19.3 Å². The number of aromatic nitrogens is 2. The summed E-state index contributed by atoms with van der Waals surface area (Å²) < 4.78 is 1.92. The van der Waals surface area contributed by atoms with Gasteiger partial charge in [-0.05, 0) is 25.5 Å². The van der Waals surface area contributed by atoms with Crippen LogP contribution in [0.3, 0.4) is 0 Å². The van der Waals surface area contributed by atoms with Crippen LogP contribution in [-0.4, -0.2) is 57.7 Å². The van der Waals surface area contributed by atoms with E-state index in [4.69, 9.17) is 10.5 Å². The second kappa shape index (κ2) is 8.16. The molecular formula is C15H20N6O. The highest BCUT2D eigenvalue weighted by molar-refractivity contribution is 5.76. The third kappa shape index (κ3) is 4.31. The van der Waals surface area contributed by atoms with Gasteiger partial charge in [0.2, 0.25) is 5.91 Å². The lowest BCUT2D eigenvalue weighted by Gasteiger charge is -2.25. The van der Waals surface area contributed by atoms with Gasteiger partial charge in [-0.15, -0.1) is 0 Å². The van der Waals surface area contributed by atoms with E-state index in [2.05, 4.69) is 10.00 Å². The molecule has 7 heteroatoms. The molecule has 0 spiro atoms. The third-order valence-electron chi connectivity index (χ3n) is 3.94. The van der Waals surface area contributed by atoms with Gasteiger partial charge >= 0.3 is 0 Å². The maximum Gasteiger partial charge on any atom is 0.225 e. The molecule has 0 bridgehead atoms. The highest BCUT2D eigenvalue weighted by Crippen LogP contribution is 2.19. The Morgan fingerprint density at radius 3 is 2.77 bits per heavy atom. The second-order valence-electron chi connectivity index (χ2n) is 5.38. The molecule has 0 N–H and O–H groups in total. The molecule has 0 aliphatic carbocycles. The average molecular weight is 300 g/mol. The van der Waals surface area contributed by atoms with Crippen LogP contribution >= 0.6 is 0 Å². The van der Waals surface area contributed by atoms with E-state index in [1.54, 1.807) is 6.20 Å². The van der Waals surface area contributed by atoms with E-state index >= 15 is 0 Å². The number of carbonyl (C=O) groups excluding carboxylic acids is 1. The van der Waals surface area contributed by atoms with Crippen molar-refractivity contribution in [2.45, 2.75) is 31.8 Å². The molecule has 1 saturated heterocycles. The Hall–Kier alpha value is -2.38. The third-order valence-corrected chi connectivity index (χ3v) is 3.94. The summed E-state index contributed by atoms with van der Waals surface area (Å²) in [5, 5.41) is 21.6. The molecule has 0 radical (unpaired) electrons. The fourth-order valence-corrected chi connectivity index (χ4v) is 2.82. The van der Waals surface area contributed by atoms with Gasteiger partial charge in [-0.3, -0.25) is 14.4 Å². The van der Waals surface area contributed by atoms with Gasteiger partial charge in [0, 0.05) is 31.4 Å². The van der Waals surface area contributed by atoms with Gasteiger partial charge in [0.15, 0.2) is 0 Å². The molecule has 7 nitrogen and oxygen atoms in total. The zero-order valence-corrected chi connectivity index (χ0v) is 12.6. The number of hydrogen-bond acceptors (Lipinski definition) is 5. The molecule has 22 heavy (non-hydrogen) atoms. The summed E-state index contributed by atoms with van der Waals surface area (Å²) in [6, 6.07) is 6.16. The van der Waals surface area contributed by atoms with E-state index in [0.717, 1.165) is 25.9 Å². The van der Waals surface area contributed by atoms with Crippen LogP contribution < -0.4 is 0 Å². The van der Waals surface area contributed by atoms with E-state index in [1.165, 1.54) is 4.90 Å². The van der Waals surface area contributed by atoms with Crippen LogP contribution in [0.4, 0.5) is 0 Å². The van der Waals surface area contributed by atoms with E-state index in [0.29, 0.717) is 19.0 Å². The SMILES string of the molecule is N#CCN(CC#N)C(=O)CCN1CCC[C@@H]1Cn1cccn1. The molecule has 0 saturated carbocycles. The van der Waals surface area contributed by atoms with Crippen molar-refractivity contribution < 1.29 is 4.79 Å². The van der Waals surface area contributed by atoms with Crippen molar-refractivity contribution in [3.8, 4) is 12.1 Å². The Bertz CT molecular complexity index is 540. The number of carbonyl (C=O) groups is 1. The van der Waals surface area contributed by atoms with Crippen LogP contribution in [0.2, 0.25) is 0 Å². The molecule has 2 heterocycles. The predicted molar refractivity (Wildman–Crippen MR) is 79.2 cm³/mol. The summed E-state index contributed by atoms with van der Waals surface area (Å²) in [5.41, 5.74) is 0. The molecular weight excluding hydrogens is 280 g/mol. The van der Waals surface area contributed by atoms with Gasteiger partial charge in [-0.2, -0.15) is 15.6 Å². The highest BCUT2D eigenvalue weighted by atomic mass is 16.2. The lowest BCUT2D eigenvalue weighted by atomic mass is 10.2. The first-order valence-electron chi connectivity index (χ1n) is 7.47. The van der Waals surface area contributed by atoms with E-state index in [9.17, 15) is 4.79 Å². The molecule has 116 valence electrons. The van der Waals surface area contributed by atoms with Gasteiger partial charge < -0.3 is 4.90 Å². The normalized spacial score (nSPS) is 17.8. The fourth-order valence-electron chi connectivity index (χ4n) is 2.82. The Balaban J connectivity index is 1.83. The van der Waals surface area contributed by atoms with Gasteiger partial charge in [-0.25, -0.2) is 0 Å². The molecule has 1 aromatic rings. The van der Waals surface area contributed by atoms with Crippen LogP contribution in [0.25, 0.3) is 0 Å². The van der Waals surface area contributed by atoms with Crippen LogP contribution in [0.5, 0.6) is 0 Å². The monoisotopic (exact) mass is 300 g/mol. The van der Waals surface area contributed by atoms with Crippen molar-refractivity contribution in [3.63, 3.8) is 0 Å². The van der Waals surface area contributed by atoms with Crippen molar-refractivity contribution in [1.82, 2.24) is 19.6 Å². The number of likely N-dealkylation sites (tertiary alicyclic amines) is 1. The van der Waals surface area contributed by atoms with Crippen molar-refractivity contribution in [1.29, 1.82) is 10.5 Å². The Morgan fingerprint density at radius 2 is 2.14 bits per heavy atom. The number of nitriles is 2. The molecule has 1 fully saturated rings. The number of nitrogens with zero attached hydrogens (tertiary/aromatic N) is 6. The fraction of sp³-hybridized carbons (Fsp3) is 0.600. The largest absolute Gasteiger partial charge is 0.316 e. The Kier molecular flexibility index (Phi) is 5.93. The van der Waals surface area contributed by atoms with Crippen LogP contribution in [-0.2, 0) is 11.3 Å². The Morgan fingerprint density at radius 1 is 1.36 bits per heavy atom. The lowest BCUT2D eigenvalue weighted by molar-refractivity contribution is -0.130. The van der Waals surface area contributed by atoms with Gasteiger partial charge in [0.1, 0.15) is 13.1 Å². The quantitative estimate of drug-likeness (QED) is 0.688. The van der Waals surface area contributed by atoms with Crippen LogP contribution in [0, 0.1) is 22.7 Å². The molecule has 0 unspecified atom stereocenters. The smallest absolute Gasteiger partial charge is 0.225 e. The van der Waals surface area contributed by atoms with E-state index < -0.39 is 0 Å². The zero-order valence-electron chi connectivity index (χ0n) is 12.6. The topological polar surface area (TPSA) is 89.0 Å². The van der Waals surface area contributed by atoms with E-state index in [-0.39, 0.29) is 19.0 Å². The van der Waals surface area contributed by atoms with Crippen molar-refractivity contribution >= 4 is 5.91 Å². The van der Waals surface area contributed by atoms with Gasteiger partial charge in [0.05, 0.1) is 18.7 Å². The first kappa shape index (κ1) is 16.0. The Labute approximate surface area is 130 Å². The second-order valence-corrected chi connectivity index (χ2v) is 5.38. The summed E-state index contributed by atoms with van der Waals surface area (Å²) >= 11 is 0. The maximum absolute atomic E-state index is 12.1. The van der Waals surface area contributed by atoms with Gasteiger partial charge in [0.25, 0.3) is 0 Å². The minimum Gasteiger partial charge on any atom is -0.316 e. The molecule has 1 amide bonds. The standard InChI is InChI=1S/C15H20N6O/c16-5-11-20(12-6-17)15(22)4-10-19-8-1-3-14(19)13-21-9-2-7-18-21/h2,7,9,14H,1,3-4,8,10-13H2/t14-/m1/s1. The molecule has 1 atom stereocenters. The lowest BCUT2D eigenvalue weighted by Crippen LogP contribution is -2.38. The summed E-state index contributed by atoms with van der Waals surface area (Å²) in [4.78, 5) is 15.7. The van der Waals surface area contributed by atoms with Crippen molar-refractivity contribution in [2.75, 3.05) is 26.2 Å². The molecule has 1 aliphatic rings. The highest BCUT2D eigenvalue weighted by Gasteiger charge is 2.25. The number of rotatable bonds is 7. The van der Waals surface area contributed by atoms with E-state index in [1.807, 2.05) is 29.1 Å². The molecule has 0 aromatic carbocycles. The summed E-state index contributed by atoms with van der Waals surface area (Å²) in [6.07, 6.45) is 6.29. The molecule has 1 aliphatic heterocycles. The number of hydrogen-bond donors (Lipinski definition) is 0. The number of amides is 1. The summed E-state index contributed by atoms with van der Waals surface area (Å²) in [5.74, 6) is -0.132. The zero-order chi connectivity index (χ0) is 15.8. The minimum absolute atomic E-state index is 0.0247. The first-order chi connectivity index (χ1) is 10.7. The summed E-state index contributed by atoms with van der Waals surface area (Å²) in [7, 11) is 0. The first-order valence-corrected chi connectivity index (χ1v) is 7.47. The maximum atomic E-state index is 12.1. The minimum atomic E-state index is -0.132.